The Morgan fingerprint density at radius 3 is 2.15 bits per heavy atom. The molecule has 1 amide bonds. The summed E-state index contributed by atoms with van der Waals surface area (Å²) in [7, 11) is 0. The number of ether oxygens (including phenoxy) is 1. The third-order valence-corrected chi connectivity index (χ3v) is 2.89. The molecular weight excluding hydrogens is 174 g/mol. The zero-order valence-corrected chi connectivity index (χ0v) is 6.97. The van der Waals surface area contributed by atoms with E-state index in [1.165, 1.54) is 0 Å². The van der Waals surface area contributed by atoms with Gasteiger partial charge in [-0.3, -0.25) is 9.59 Å². The van der Waals surface area contributed by atoms with Crippen molar-refractivity contribution >= 4 is 11.9 Å². The summed E-state index contributed by atoms with van der Waals surface area (Å²) in [5.74, 6) is -2.89. The van der Waals surface area contributed by atoms with Crippen LogP contribution in [0.25, 0.3) is 0 Å². The molecule has 4 atom stereocenters. The van der Waals surface area contributed by atoms with E-state index in [-0.39, 0.29) is 12.2 Å². The van der Waals surface area contributed by atoms with Crippen molar-refractivity contribution in [3.63, 3.8) is 0 Å². The number of primary amides is 1. The average Bonchev–Trinajstić information content (AvgIpc) is 2.60. The minimum absolute atomic E-state index is 0.261. The summed E-state index contributed by atoms with van der Waals surface area (Å²) in [6, 6.07) is 0. The van der Waals surface area contributed by atoms with E-state index < -0.39 is 23.7 Å². The van der Waals surface area contributed by atoms with Crippen molar-refractivity contribution < 1.29 is 19.4 Å². The monoisotopic (exact) mass is 185 g/mol. The molecule has 0 aliphatic carbocycles. The van der Waals surface area contributed by atoms with Crippen LogP contribution in [0.2, 0.25) is 0 Å². The highest BCUT2D eigenvalue weighted by Gasteiger charge is 2.54. The van der Waals surface area contributed by atoms with Crippen LogP contribution in [-0.4, -0.2) is 29.2 Å². The molecule has 2 aliphatic heterocycles. The Morgan fingerprint density at radius 1 is 1.23 bits per heavy atom. The highest BCUT2D eigenvalue weighted by atomic mass is 16.5. The summed E-state index contributed by atoms with van der Waals surface area (Å²) in [4.78, 5) is 21.8. The molecule has 5 nitrogen and oxygen atoms in total. The molecular formula is C8H11NO4. The van der Waals surface area contributed by atoms with E-state index >= 15 is 0 Å². The van der Waals surface area contributed by atoms with Gasteiger partial charge in [-0.25, -0.2) is 0 Å². The van der Waals surface area contributed by atoms with Crippen LogP contribution >= 0.6 is 0 Å². The topological polar surface area (TPSA) is 89.6 Å². The number of amides is 1. The van der Waals surface area contributed by atoms with Gasteiger partial charge in [0.15, 0.2) is 0 Å². The standard InChI is InChI=1S/C8H11NO4/c9-7(10)5-3-1-2-4(13-3)6(5)8(11)12/h3-6H,1-2H2,(H2,9,10)(H,11,12). The second-order valence-electron chi connectivity index (χ2n) is 3.58. The van der Waals surface area contributed by atoms with Gasteiger partial charge in [-0.2, -0.15) is 0 Å². The van der Waals surface area contributed by atoms with Gasteiger partial charge in [0.25, 0.3) is 0 Å². The smallest absolute Gasteiger partial charge is 0.310 e. The Kier molecular flexibility index (Phi) is 1.76. The van der Waals surface area contributed by atoms with Gasteiger partial charge < -0.3 is 15.6 Å². The molecule has 2 aliphatic rings. The summed E-state index contributed by atoms with van der Waals surface area (Å²) in [5.41, 5.74) is 5.13. The van der Waals surface area contributed by atoms with Crippen LogP contribution in [0.4, 0.5) is 0 Å². The van der Waals surface area contributed by atoms with Crippen molar-refractivity contribution in [2.24, 2.45) is 17.6 Å². The predicted molar refractivity (Wildman–Crippen MR) is 41.7 cm³/mol. The number of aliphatic carboxylic acids is 1. The number of hydrogen-bond donors (Lipinski definition) is 2. The van der Waals surface area contributed by atoms with E-state index in [0.29, 0.717) is 0 Å². The number of carbonyl (C=O) groups excluding carboxylic acids is 1. The second kappa shape index (κ2) is 2.70. The highest BCUT2D eigenvalue weighted by Crippen LogP contribution is 2.43. The highest BCUT2D eigenvalue weighted by molar-refractivity contribution is 5.85. The largest absolute Gasteiger partial charge is 0.481 e. The van der Waals surface area contributed by atoms with Gasteiger partial charge >= 0.3 is 5.97 Å². The predicted octanol–water partition coefficient (Wildman–Crippen LogP) is -0.650. The molecule has 0 aromatic heterocycles. The van der Waals surface area contributed by atoms with Crippen molar-refractivity contribution in [2.45, 2.75) is 25.0 Å². The molecule has 2 heterocycles. The first kappa shape index (κ1) is 8.50. The van der Waals surface area contributed by atoms with Crippen molar-refractivity contribution in [1.29, 1.82) is 0 Å². The van der Waals surface area contributed by atoms with Gasteiger partial charge in [0, 0.05) is 0 Å². The van der Waals surface area contributed by atoms with Crippen LogP contribution in [-0.2, 0) is 14.3 Å². The number of carbonyl (C=O) groups is 2. The molecule has 5 heteroatoms. The molecule has 4 unspecified atom stereocenters. The molecule has 0 saturated carbocycles. The van der Waals surface area contributed by atoms with Crippen molar-refractivity contribution in [3.05, 3.63) is 0 Å². The van der Waals surface area contributed by atoms with Gasteiger partial charge in [-0.1, -0.05) is 0 Å². The quantitative estimate of drug-likeness (QED) is 0.598. The Labute approximate surface area is 74.9 Å². The van der Waals surface area contributed by atoms with E-state index in [1.807, 2.05) is 0 Å². The van der Waals surface area contributed by atoms with Crippen LogP contribution < -0.4 is 5.73 Å². The first-order chi connectivity index (χ1) is 6.11. The fraction of sp³-hybridized carbons (Fsp3) is 0.750. The number of fused-ring (bicyclic) bond motifs is 2. The minimum Gasteiger partial charge on any atom is -0.481 e. The maximum Gasteiger partial charge on any atom is 0.310 e. The number of nitrogens with two attached hydrogens (primary N) is 1. The van der Waals surface area contributed by atoms with Crippen LogP contribution in [0, 0.1) is 11.8 Å². The third-order valence-electron chi connectivity index (χ3n) is 2.89. The summed E-state index contributed by atoms with van der Waals surface area (Å²) < 4.78 is 5.34. The number of rotatable bonds is 2. The first-order valence-corrected chi connectivity index (χ1v) is 4.29. The van der Waals surface area contributed by atoms with Crippen LogP contribution in [0.3, 0.4) is 0 Å². The molecule has 13 heavy (non-hydrogen) atoms. The van der Waals surface area contributed by atoms with E-state index in [2.05, 4.69) is 0 Å². The van der Waals surface area contributed by atoms with Gasteiger partial charge in [0.05, 0.1) is 24.0 Å². The zero-order valence-electron chi connectivity index (χ0n) is 6.97. The Bertz CT molecular complexity index is 239. The van der Waals surface area contributed by atoms with E-state index in [1.54, 1.807) is 0 Å². The average molecular weight is 185 g/mol. The third kappa shape index (κ3) is 1.11. The van der Waals surface area contributed by atoms with Gasteiger partial charge in [0.2, 0.25) is 5.91 Å². The Morgan fingerprint density at radius 2 is 1.77 bits per heavy atom. The van der Waals surface area contributed by atoms with Crippen molar-refractivity contribution in [2.75, 3.05) is 0 Å². The lowest BCUT2D eigenvalue weighted by molar-refractivity contribution is -0.147. The number of carboxylic acids is 1. The lowest BCUT2D eigenvalue weighted by Crippen LogP contribution is -2.41. The normalized spacial score (nSPS) is 42.2. The summed E-state index contributed by atoms with van der Waals surface area (Å²) >= 11 is 0. The zero-order chi connectivity index (χ0) is 9.59. The lowest BCUT2D eigenvalue weighted by Gasteiger charge is -2.21. The molecule has 2 rings (SSSR count). The summed E-state index contributed by atoms with van der Waals surface area (Å²) in [6.07, 6.45) is 0.914. The molecule has 0 radical (unpaired) electrons. The Balaban J connectivity index is 2.24. The maximum absolute atomic E-state index is 11.0. The van der Waals surface area contributed by atoms with Crippen LogP contribution in [0.5, 0.6) is 0 Å². The Hall–Kier alpha value is -1.10. The summed E-state index contributed by atoms with van der Waals surface area (Å²) in [5, 5.41) is 8.87. The lowest BCUT2D eigenvalue weighted by atomic mass is 9.79. The molecule has 2 bridgehead atoms. The molecule has 0 spiro atoms. The SMILES string of the molecule is NC(=O)C1C2CCC(O2)C1C(=O)O. The van der Waals surface area contributed by atoms with E-state index in [4.69, 9.17) is 15.6 Å². The van der Waals surface area contributed by atoms with Gasteiger partial charge in [0.1, 0.15) is 0 Å². The fourth-order valence-corrected chi connectivity index (χ4v) is 2.35. The summed E-state index contributed by atoms with van der Waals surface area (Å²) in [6.45, 7) is 0. The second-order valence-corrected chi connectivity index (χ2v) is 3.58. The molecule has 0 aromatic rings. The molecule has 2 fully saturated rings. The minimum atomic E-state index is -0.976. The molecule has 72 valence electrons. The first-order valence-electron chi connectivity index (χ1n) is 4.29. The fourth-order valence-electron chi connectivity index (χ4n) is 2.35. The van der Waals surface area contributed by atoms with Crippen LogP contribution in [0.1, 0.15) is 12.8 Å². The van der Waals surface area contributed by atoms with Crippen molar-refractivity contribution in [3.8, 4) is 0 Å². The van der Waals surface area contributed by atoms with Gasteiger partial charge in [-0.05, 0) is 12.8 Å². The molecule has 2 saturated heterocycles. The van der Waals surface area contributed by atoms with Gasteiger partial charge in [-0.15, -0.1) is 0 Å². The molecule has 3 N–H and O–H groups in total. The van der Waals surface area contributed by atoms with Crippen LogP contribution in [0.15, 0.2) is 0 Å². The van der Waals surface area contributed by atoms with E-state index in [0.717, 1.165) is 12.8 Å². The van der Waals surface area contributed by atoms with E-state index in [9.17, 15) is 9.59 Å². The molecule has 0 aromatic carbocycles. The number of hydrogen-bond acceptors (Lipinski definition) is 3. The number of carboxylic acid groups (broad SMARTS) is 1. The maximum atomic E-state index is 11.0. The van der Waals surface area contributed by atoms with Crippen molar-refractivity contribution in [1.82, 2.24) is 0 Å².